The summed E-state index contributed by atoms with van der Waals surface area (Å²) < 4.78 is 0. The van der Waals surface area contributed by atoms with Gasteiger partial charge in [0, 0.05) is 19.5 Å². The molecule has 3 N–H and O–H groups in total. The highest BCUT2D eigenvalue weighted by molar-refractivity contribution is 5.78. The highest BCUT2D eigenvalue weighted by Crippen LogP contribution is 2.03. The molecule has 0 aliphatic heterocycles. The topological polar surface area (TPSA) is 83.6 Å². The Morgan fingerprint density at radius 2 is 1.75 bits per heavy atom. The number of hydrogen-bond donors (Lipinski definition) is 2. The van der Waals surface area contributed by atoms with Crippen molar-refractivity contribution in [1.29, 1.82) is 0 Å². The Labute approximate surface area is 96.6 Å². The van der Waals surface area contributed by atoms with Crippen molar-refractivity contribution in [3.63, 3.8) is 0 Å². The Morgan fingerprint density at radius 3 is 2.12 bits per heavy atom. The largest absolute Gasteiger partial charge is 0.480 e. The summed E-state index contributed by atoms with van der Waals surface area (Å²) in [6, 6.07) is -0.936. The monoisotopic (exact) mass is 230 g/mol. The molecule has 5 nitrogen and oxygen atoms in total. The quantitative estimate of drug-likeness (QED) is 0.647. The van der Waals surface area contributed by atoms with Crippen molar-refractivity contribution in [3.8, 4) is 0 Å². The molecule has 0 saturated heterocycles. The van der Waals surface area contributed by atoms with Crippen molar-refractivity contribution in [2.75, 3.05) is 13.1 Å². The van der Waals surface area contributed by atoms with Crippen LogP contribution in [0.5, 0.6) is 0 Å². The first-order valence-electron chi connectivity index (χ1n) is 5.79. The summed E-state index contributed by atoms with van der Waals surface area (Å²) in [4.78, 5) is 24.0. The Kier molecular flexibility index (Phi) is 7.54. The lowest BCUT2D eigenvalue weighted by molar-refractivity contribution is -0.139. The van der Waals surface area contributed by atoms with Crippen LogP contribution in [0.4, 0.5) is 0 Å². The normalized spacial score (nSPS) is 12.2. The summed E-state index contributed by atoms with van der Waals surface area (Å²) in [7, 11) is 0. The van der Waals surface area contributed by atoms with E-state index in [1.165, 1.54) is 0 Å². The first-order valence-corrected chi connectivity index (χ1v) is 5.79. The van der Waals surface area contributed by atoms with E-state index >= 15 is 0 Å². The van der Waals surface area contributed by atoms with Crippen LogP contribution >= 0.6 is 0 Å². The van der Waals surface area contributed by atoms with Crippen molar-refractivity contribution in [3.05, 3.63) is 0 Å². The van der Waals surface area contributed by atoms with E-state index in [1.54, 1.807) is 4.90 Å². The summed E-state index contributed by atoms with van der Waals surface area (Å²) in [6.07, 6.45) is 2.25. The zero-order chi connectivity index (χ0) is 12.6. The third-order valence-corrected chi connectivity index (χ3v) is 2.33. The number of carboxylic acids is 1. The molecular weight excluding hydrogens is 208 g/mol. The fraction of sp³-hybridized carbons (Fsp3) is 0.818. The number of carbonyl (C=O) groups excluding carboxylic acids is 1. The molecule has 0 rings (SSSR count). The predicted octanol–water partition coefficient (Wildman–Crippen LogP) is 0.827. The maximum atomic E-state index is 11.7. The number of carboxylic acid groups (broad SMARTS) is 1. The number of rotatable bonds is 8. The molecule has 1 atom stereocenters. The van der Waals surface area contributed by atoms with Gasteiger partial charge in [0.25, 0.3) is 0 Å². The molecule has 0 saturated carbocycles. The lowest BCUT2D eigenvalue weighted by Gasteiger charge is -2.21. The summed E-state index contributed by atoms with van der Waals surface area (Å²) in [6.45, 7) is 5.49. The van der Waals surface area contributed by atoms with Crippen molar-refractivity contribution >= 4 is 11.9 Å². The number of hydrogen-bond acceptors (Lipinski definition) is 3. The van der Waals surface area contributed by atoms with Crippen LogP contribution in [0.1, 0.15) is 39.5 Å². The van der Waals surface area contributed by atoms with Gasteiger partial charge in [-0.1, -0.05) is 13.8 Å². The third kappa shape index (κ3) is 5.70. The van der Waals surface area contributed by atoms with Crippen LogP contribution < -0.4 is 5.73 Å². The molecule has 16 heavy (non-hydrogen) atoms. The van der Waals surface area contributed by atoms with Gasteiger partial charge in [-0.05, 0) is 19.3 Å². The van der Waals surface area contributed by atoms with Crippen LogP contribution in [0.25, 0.3) is 0 Å². The van der Waals surface area contributed by atoms with Gasteiger partial charge in [-0.3, -0.25) is 9.59 Å². The molecule has 0 aromatic carbocycles. The van der Waals surface area contributed by atoms with Crippen LogP contribution in [-0.4, -0.2) is 41.0 Å². The fourth-order valence-electron chi connectivity index (χ4n) is 1.46. The molecule has 0 radical (unpaired) electrons. The molecular formula is C11H22N2O3. The first kappa shape index (κ1) is 14.9. The molecule has 0 unspecified atom stereocenters. The average molecular weight is 230 g/mol. The predicted molar refractivity (Wildman–Crippen MR) is 62.0 cm³/mol. The lowest BCUT2D eigenvalue weighted by atomic mass is 10.1. The van der Waals surface area contributed by atoms with Crippen molar-refractivity contribution in [2.24, 2.45) is 5.73 Å². The summed E-state index contributed by atoms with van der Waals surface area (Å²) in [5.74, 6) is -1.05. The van der Waals surface area contributed by atoms with Crippen LogP contribution in [0.2, 0.25) is 0 Å². The van der Waals surface area contributed by atoms with Gasteiger partial charge < -0.3 is 15.7 Å². The van der Waals surface area contributed by atoms with Gasteiger partial charge in [0.05, 0.1) is 0 Å². The maximum absolute atomic E-state index is 11.7. The van der Waals surface area contributed by atoms with E-state index in [0.29, 0.717) is 0 Å². The molecule has 0 aromatic heterocycles. The van der Waals surface area contributed by atoms with E-state index in [2.05, 4.69) is 0 Å². The number of nitrogens with two attached hydrogens (primary N) is 1. The van der Waals surface area contributed by atoms with Gasteiger partial charge in [-0.25, -0.2) is 0 Å². The smallest absolute Gasteiger partial charge is 0.320 e. The van der Waals surface area contributed by atoms with Gasteiger partial charge >= 0.3 is 5.97 Å². The summed E-state index contributed by atoms with van der Waals surface area (Å²) in [5, 5.41) is 8.59. The zero-order valence-corrected chi connectivity index (χ0v) is 10.1. The van der Waals surface area contributed by atoms with Gasteiger partial charge in [0.1, 0.15) is 6.04 Å². The van der Waals surface area contributed by atoms with Crippen molar-refractivity contribution in [2.45, 2.75) is 45.6 Å². The van der Waals surface area contributed by atoms with Gasteiger partial charge in [0.15, 0.2) is 0 Å². The van der Waals surface area contributed by atoms with Crippen LogP contribution in [-0.2, 0) is 9.59 Å². The Morgan fingerprint density at radius 1 is 1.25 bits per heavy atom. The molecule has 0 heterocycles. The molecule has 1 amide bonds. The van der Waals surface area contributed by atoms with Crippen LogP contribution in [0, 0.1) is 0 Å². The SMILES string of the molecule is CCCN(CCC)C(=O)CC[C@@H](N)C(=O)O. The van der Waals surface area contributed by atoms with Gasteiger partial charge in [-0.15, -0.1) is 0 Å². The number of aliphatic carboxylic acids is 1. The van der Waals surface area contributed by atoms with E-state index < -0.39 is 12.0 Å². The Hall–Kier alpha value is -1.10. The van der Waals surface area contributed by atoms with E-state index in [9.17, 15) is 9.59 Å². The van der Waals surface area contributed by atoms with E-state index in [1.807, 2.05) is 13.8 Å². The molecule has 0 bridgehead atoms. The zero-order valence-electron chi connectivity index (χ0n) is 10.1. The fourth-order valence-corrected chi connectivity index (χ4v) is 1.46. The molecule has 5 heteroatoms. The second-order valence-electron chi connectivity index (χ2n) is 3.86. The van der Waals surface area contributed by atoms with Crippen LogP contribution in [0.15, 0.2) is 0 Å². The number of carbonyl (C=O) groups is 2. The molecule has 0 spiro atoms. The Balaban J connectivity index is 4.04. The summed E-state index contributed by atoms with van der Waals surface area (Å²) >= 11 is 0. The van der Waals surface area contributed by atoms with E-state index in [-0.39, 0.29) is 18.7 Å². The molecule has 0 aliphatic rings. The third-order valence-electron chi connectivity index (χ3n) is 2.33. The number of amides is 1. The van der Waals surface area contributed by atoms with E-state index in [4.69, 9.17) is 10.8 Å². The standard InChI is InChI=1S/C11H22N2O3/c1-3-7-13(8-4-2)10(14)6-5-9(12)11(15)16/h9H,3-8,12H2,1-2H3,(H,15,16)/t9-/m1/s1. The second kappa shape index (κ2) is 8.10. The highest BCUT2D eigenvalue weighted by Gasteiger charge is 2.16. The molecule has 0 fully saturated rings. The van der Waals surface area contributed by atoms with Crippen molar-refractivity contribution < 1.29 is 14.7 Å². The minimum atomic E-state index is -1.05. The minimum Gasteiger partial charge on any atom is -0.480 e. The highest BCUT2D eigenvalue weighted by atomic mass is 16.4. The molecule has 94 valence electrons. The average Bonchev–Trinajstić information content (AvgIpc) is 2.24. The van der Waals surface area contributed by atoms with Crippen LogP contribution in [0.3, 0.4) is 0 Å². The maximum Gasteiger partial charge on any atom is 0.320 e. The van der Waals surface area contributed by atoms with Gasteiger partial charge in [-0.2, -0.15) is 0 Å². The van der Waals surface area contributed by atoms with E-state index in [0.717, 1.165) is 25.9 Å². The Bertz CT molecular complexity index is 225. The molecule has 0 aromatic rings. The molecule has 0 aliphatic carbocycles. The van der Waals surface area contributed by atoms with Crippen molar-refractivity contribution in [1.82, 2.24) is 4.90 Å². The lowest BCUT2D eigenvalue weighted by Crippen LogP contribution is -2.35. The number of nitrogens with zero attached hydrogens (tertiary/aromatic N) is 1. The summed E-state index contributed by atoms with van der Waals surface area (Å²) in [5.41, 5.74) is 5.34. The second-order valence-corrected chi connectivity index (χ2v) is 3.86. The minimum absolute atomic E-state index is 0.000370. The van der Waals surface area contributed by atoms with Gasteiger partial charge in [0.2, 0.25) is 5.91 Å². The first-order chi connectivity index (χ1) is 7.52.